The number of nitrogens with two attached hydrogens (primary N) is 1. The van der Waals surface area contributed by atoms with Gasteiger partial charge in [-0.1, -0.05) is 74.5 Å². The van der Waals surface area contributed by atoms with Crippen LogP contribution >= 0.6 is 0 Å². The first kappa shape index (κ1) is 21.4. The number of hydrogen-bond acceptors (Lipinski definition) is 4. The smallest absolute Gasteiger partial charge is 0.408 e. The molecule has 0 spiro atoms. The van der Waals surface area contributed by atoms with Gasteiger partial charge in [-0.3, -0.25) is 4.79 Å². The van der Waals surface area contributed by atoms with Crippen LogP contribution in [0, 0.1) is 5.92 Å². The van der Waals surface area contributed by atoms with E-state index in [1.54, 1.807) is 0 Å². The Kier molecular flexibility index (Phi) is 8.49. The van der Waals surface area contributed by atoms with Crippen molar-refractivity contribution >= 4 is 12.0 Å². The Balaban J connectivity index is 1.90. The van der Waals surface area contributed by atoms with E-state index < -0.39 is 12.1 Å². The lowest BCUT2D eigenvalue weighted by Crippen LogP contribution is -2.54. The molecule has 28 heavy (non-hydrogen) atoms. The minimum atomic E-state index is -0.701. The van der Waals surface area contributed by atoms with Gasteiger partial charge >= 0.3 is 6.09 Å². The molecule has 0 bridgehead atoms. The van der Waals surface area contributed by atoms with E-state index in [1.807, 2.05) is 74.5 Å². The molecule has 2 aromatic rings. The van der Waals surface area contributed by atoms with E-state index in [-0.39, 0.29) is 24.5 Å². The van der Waals surface area contributed by atoms with E-state index >= 15 is 0 Å². The van der Waals surface area contributed by atoms with Gasteiger partial charge in [-0.05, 0) is 23.5 Å². The number of alkyl carbamates (subject to hydrolysis) is 1. The third-order valence-corrected chi connectivity index (χ3v) is 4.39. The van der Waals surface area contributed by atoms with Crippen molar-refractivity contribution in [2.24, 2.45) is 11.7 Å². The zero-order chi connectivity index (χ0) is 20.4. The van der Waals surface area contributed by atoms with Crippen molar-refractivity contribution in [3.63, 3.8) is 0 Å². The number of benzene rings is 2. The summed E-state index contributed by atoms with van der Waals surface area (Å²) in [6.07, 6.45) is 0.0110. The van der Waals surface area contributed by atoms with Crippen LogP contribution < -0.4 is 16.4 Å². The maximum absolute atomic E-state index is 12.7. The predicted octanol–water partition coefficient (Wildman–Crippen LogP) is 2.62. The fourth-order valence-electron chi connectivity index (χ4n) is 2.81. The highest BCUT2D eigenvalue weighted by atomic mass is 16.5. The minimum absolute atomic E-state index is 0.0978. The molecule has 0 aliphatic carbocycles. The molecule has 4 N–H and O–H groups in total. The third kappa shape index (κ3) is 7.04. The Hall–Kier alpha value is -2.86. The van der Waals surface area contributed by atoms with Crippen LogP contribution in [0.25, 0.3) is 0 Å². The van der Waals surface area contributed by atoms with Crippen LogP contribution in [-0.4, -0.2) is 30.6 Å². The van der Waals surface area contributed by atoms with Crippen molar-refractivity contribution < 1.29 is 14.3 Å². The van der Waals surface area contributed by atoms with Gasteiger partial charge in [-0.15, -0.1) is 0 Å². The van der Waals surface area contributed by atoms with Crippen LogP contribution in [0.15, 0.2) is 60.7 Å². The van der Waals surface area contributed by atoms with Gasteiger partial charge in [-0.2, -0.15) is 0 Å². The lowest BCUT2D eigenvalue weighted by molar-refractivity contribution is -0.124. The van der Waals surface area contributed by atoms with E-state index in [4.69, 9.17) is 10.5 Å². The predicted molar refractivity (Wildman–Crippen MR) is 110 cm³/mol. The summed E-state index contributed by atoms with van der Waals surface area (Å²) in [5.74, 6) is -0.363. The number of hydrogen-bond donors (Lipinski definition) is 3. The average Bonchev–Trinajstić information content (AvgIpc) is 2.71. The van der Waals surface area contributed by atoms with Gasteiger partial charge in [0.05, 0.1) is 0 Å². The number of carbonyl (C=O) groups is 2. The summed E-state index contributed by atoms with van der Waals surface area (Å²) >= 11 is 0. The lowest BCUT2D eigenvalue weighted by atomic mass is 10.0. The Morgan fingerprint density at radius 3 is 2.04 bits per heavy atom. The first-order valence-electron chi connectivity index (χ1n) is 9.51. The summed E-state index contributed by atoms with van der Waals surface area (Å²) in [6, 6.07) is 18.3. The molecule has 0 aliphatic rings. The van der Waals surface area contributed by atoms with Gasteiger partial charge in [0.2, 0.25) is 5.91 Å². The third-order valence-electron chi connectivity index (χ3n) is 4.39. The highest BCUT2D eigenvalue weighted by molar-refractivity contribution is 5.86. The van der Waals surface area contributed by atoms with Gasteiger partial charge in [-0.25, -0.2) is 4.79 Å². The minimum Gasteiger partial charge on any atom is -0.445 e. The molecule has 2 rings (SSSR count). The second kappa shape index (κ2) is 11.1. The van der Waals surface area contributed by atoms with Gasteiger partial charge in [0.1, 0.15) is 12.6 Å². The second-order valence-electron chi connectivity index (χ2n) is 7.06. The van der Waals surface area contributed by atoms with Crippen molar-refractivity contribution in [3.05, 3.63) is 71.8 Å². The van der Waals surface area contributed by atoms with Crippen molar-refractivity contribution in [2.45, 2.75) is 39.0 Å². The van der Waals surface area contributed by atoms with Crippen LogP contribution in [0.2, 0.25) is 0 Å². The van der Waals surface area contributed by atoms with Crippen molar-refractivity contribution in [3.8, 4) is 0 Å². The van der Waals surface area contributed by atoms with Crippen LogP contribution in [-0.2, 0) is 22.6 Å². The van der Waals surface area contributed by atoms with Crippen molar-refractivity contribution in [1.82, 2.24) is 10.6 Å². The lowest BCUT2D eigenvalue weighted by Gasteiger charge is -2.25. The van der Waals surface area contributed by atoms with Crippen LogP contribution in [0.4, 0.5) is 4.79 Å². The van der Waals surface area contributed by atoms with E-state index in [0.717, 1.165) is 11.1 Å². The van der Waals surface area contributed by atoms with Gasteiger partial charge in [0.15, 0.2) is 0 Å². The summed E-state index contributed by atoms with van der Waals surface area (Å²) in [6.45, 7) is 4.20. The Morgan fingerprint density at radius 1 is 0.929 bits per heavy atom. The highest BCUT2D eigenvalue weighted by Gasteiger charge is 2.26. The highest BCUT2D eigenvalue weighted by Crippen LogP contribution is 2.07. The number of carbonyl (C=O) groups excluding carboxylic acids is 2. The van der Waals surface area contributed by atoms with Crippen molar-refractivity contribution in [1.29, 1.82) is 0 Å². The molecule has 0 fully saturated rings. The van der Waals surface area contributed by atoms with Gasteiger partial charge in [0, 0.05) is 12.6 Å². The maximum Gasteiger partial charge on any atom is 0.408 e. The molecule has 2 atom stereocenters. The second-order valence-corrected chi connectivity index (χ2v) is 7.06. The molecule has 2 unspecified atom stereocenters. The van der Waals surface area contributed by atoms with Gasteiger partial charge < -0.3 is 21.1 Å². The first-order chi connectivity index (χ1) is 13.5. The Morgan fingerprint density at radius 2 is 1.50 bits per heavy atom. The maximum atomic E-state index is 12.7. The quantitative estimate of drug-likeness (QED) is 0.620. The SMILES string of the molecule is CC(C)C(NC(=O)OCc1ccccc1)C(=O)NC(CN)Cc1ccccc1. The summed E-state index contributed by atoms with van der Waals surface area (Å²) in [7, 11) is 0. The van der Waals surface area contributed by atoms with Crippen LogP contribution in [0.3, 0.4) is 0 Å². The fourth-order valence-corrected chi connectivity index (χ4v) is 2.81. The standard InChI is InChI=1S/C22H29N3O3/c1-16(2)20(25-22(27)28-15-18-11-7-4-8-12-18)21(26)24-19(14-23)13-17-9-5-3-6-10-17/h3-12,16,19-20H,13-15,23H2,1-2H3,(H,24,26)(H,25,27). The number of ether oxygens (including phenoxy) is 1. The summed E-state index contributed by atoms with van der Waals surface area (Å²) in [4.78, 5) is 24.9. The molecule has 0 aliphatic heterocycles. The topological polar surface area (TPSA) is 93.4 Å². The van der Waals surface area contributed by atoms with Crippen molar-refractivity contribution in [2.75, 3.05) is 6.54 Å². The van der Waals surface area contributed by atoms with E-state index in [2.05, 4.69) is 10.6 Å². The largest absolute Gasteiger partial charge is 0.445 e. The molecule has 0 saturated heterocycles. The van der Waals surface area contributed by atoms with E-state index in [1.165, 1.54) is 0 Å². The molecule has 2 aromatic carbocycles. The van der Waals surface area contributed by atoms with Crippen LogP contribution in [0.5, 0.6) is 0 Å². The molecular formula is C22H29N3O3. The number of amides is 2. The summed E-state index contributed by atoms with van der Waals surface area (Å²) in [5, 5.41) is 5.61. The Bertz CT molecular complexity index is 735. The van der Waals surface area contributed by atoms with Crippen LogP contribution in [0.1, 0.15) is 25.0 Å². The molecule has 0 radical (unpaired) electrons. The molecule has 0 aromatic heterocycles. The van der Waals surface area contributed by atoms with Gasteiger partial charge in [0.25, 0.3) is 0 Å². The molecule has 0 heterocycles. The molecular weight excluding hydrogens is 354 g/mol. The first-order valence-corrected chi connectivity index (χ1v) is 9.51. The Labute approximate surface area is 166 Å². The zero-order valence-corrected chi connectivity index (χ0v) is 16.4. The number of rotatable bonds is 9. The van der Waals surface area contributed by atoms with E-state index in [9.17, 15) is 9.59 Å². The molecule has 150 valence electrons. The molecule has 0 saturated carbocycles. The fraction of sp³-hybridized carbons (Fsp3) is 0.364. The average molecular weight is 383 g/mol. The number of nitrogens with one attached hydrogen (secondary N) is 2. The molecule has 2 amide bonds. The normalized spacial score (nSPS) is 12.9. The molecule has 6 nitrogen and oxygen atoms in total. The zero-order valence-electron chi connectivity index (χ0n) is 16.4. The van der Waals surface area contributed by atoms with E-state index in [0.29, 0.717) is 13.0 Å². The molecule has 6 heteroatoms. The summed E-state index contributed by atoms with van der Waals surface area (Å²) in [5.41, 5.74) is 7.81. The summed E-state index contributed by atoms with van der Waals surface area (Å²) < 4.78 is 5.23. The monoisotopic (exact) mass is 383 g/mol.